The van der Waals surface area contributed by atoms with Gasteiger partial charge in [-0.3, -0.25) is 19.5 Å². The average molecular weight is 499 g/mol. The van der Waals surface area contributed by atoms with Gasteiger partial charge in [-0.05, 0) is 36.6 Å². The predicted molar refractivity (Wildman–Crippen MR) is 133 cm³/mol. The number of nitro groups is 1. The van der Waals surface area contributed by atoms with Gasteiger partial charge in [-0.15, -0.1) is 28.1 Å². The van der Waals surface area contributed by atoms with E-state index in [2.05, 4.69) is 27.1 Å². The molecule has 1 amide bonds. The molecule has 0 aliphatic heterocycles. The Bertz CT molecular complexity index is 1330. The number of fused-ring (bicyclic) bond motifs is 1. The molecule has 4 aromatic rings. The van der Waals surface area contributed by atoms with Crippen molar-refractivity contribution in [1.29, 1.82) is 0 Å². The average Bonchev–Trinajstić information content (AvgIpc) is 3.41. The highest BCUT2D eigenvalue weighted by molar-refractivity contribution is 8.00. The summed E-state index contributed by atoms with van der Waals surface area (Å²) in [5, 5.41) is 22.8. The maximum absolute atomic E-state index is 12.5. The standard InChI is InChI=1S/C21H18N6O3S3/c1-3-10-26-19(13-4-7-15(8-5-13)27(29)30)24-25-20(26)32-12-18(28)22-14-6-9-16-17(11-14)33-21(23-16)31-2/h3-9,11H,1,10,12H2,2H3,(H,22,28). The molecule has 0 aliphatic rings. The van der Waals surface area contributed by atoms with E-state index in [0.29, 0.717) is 28.8 Å². The van der Waals surface area contributed by atoms with Crippen LogP contribution in [0.4, 0.5) is 11.4 Å². The third kappa shape index (κ3) is 5.24. The third-order valence-electron chi connectivity index (χ3n) is 4.52. The van der Waals surface area contributed by atoms with E-state index in [-0.39, 0.29) is 17.3 Å². The summed E-state index contributed by atoms with van der Waals surface area (Å²) < 4.78 is 3.82. The molecule has 0 saturated carbocycles. The molecule has 0 spiro atoms. The molecule has 2 aromatic carbocycles. The van der Waals surface area contributed by atoms with Gasteiger partial charge < -0.3 is 5.32 Å². The summed E-state index contributed by atoms with van der Waals surface area (Å²) in [5.74, 6) is 0.527. The van der Waals surface area contributed by atoms with Gasteiger partial charge in [0.05, 0.1) is 20.9 Å². The Morgan fingerprint density at radius 1 is 1.27 bits per heavy atom. The van der Waals surface area contributed by atoms with E-state index >= 15 is 0 Å². The van der Waals surface area contributed by atoms with Gasteiger partial charge in [0.15, 0.2) is 15.3 Å². The first-order valence-electron chi connectivity index (χ1n) is 9.64. The van der Waals surface area contributed by atoms with Crippen LogP contribution in [0.2, 0.25) is 0 Å². The number of amides is 1. The summed E-state index contributed by atoms with van der Waals surface area (Å²) in [5.41, 5.74) is 2.31. The number of aromatic nitrogens is 4. The molecular weight excluding hydrogens is 480 g/mol. The normalized spacial score (nSPS) is 10.9. The van der Waals surface area contributed by atoms with Crippen molar-refractivity contribution < 1.29 is 9.72 Å². The molecule has 0 radical (unpaired) electrons. The number of nitrogens with one attached hydrogen (secondary N) is 1. The molecule has 12 heteroatoms. The summed E-state index contributed by atoms with van der Waals surface area (Å²) in [4.78, 5) is 27.5. The van der Waals surface area contributed by atoms with Crippen molar-refractivity contribution in [2.75, 3.05) is 17.3 Å². The van der Waals surface area contributed by atoms with E-state index in [1.807, 2.05) is 29.0 Å². The van der Waals surface area contributed by atoms with Crippen LogP contribution in [-0.2, 0) is 11.3 Å². The first-order chi connectivity index (χ1) is 16.0. The molecule has 2 aromatic heterocycles. The number of carbonyl (C=O) groups is 1. The quantitative estimate of drug-likeness (QED) is 0.147. The first-order valence-corrected chi connectivity index (χ1v) is 12.7. The van der Waals surface area contributed by atoms with Crippen molar-refractivity contribution in [3.05, 3.63) is 65.2 Å². The molecule has 0 bridgehead atoms. The third-order valence-corrected chi connectivity index (χ3v) is 7.49. The Balaban J connectivity index is 1.45. The number of allylic oxidation sites excluding steroid dienone is 1. The van der Waals surface area contributed by atoms with Gasteiger partial charge in [0.25, 0.3) is 5.69 Å². The summed E-state index contributed by atoms with van der Waals surface area (Å²) in [6.07, 6.45) is 3.69. The highest BCUT2D eigenvalue weighted by atomic mass is 32.2. The van der Waals surface area contributed by atoms with E-state index in [4.69, 9.17) is 0 Å². The van der Waals surface area contributed by atoms with Gasteiger partial charge in [0, 0.05) is 29.9 Å². The largest absolute Gasteiger partial charge is 0.325 e. The second-order valence-corrected chi connectivity index (χ2v) is 9.74. The number of thiazole rings is 1. The van der Waals surface area contributed by atoms with E-state index in [1.54, 1.807) is 41.3 Å². The number of thioether (sulfide) groups is 2. The molecule has 9 nitrogen and oxygen atoms in total. The lowest BCUT2D eigenvalue weighted by Crippen LogP contribution is -2.14. The maximum atomic E-state index is 12.5. The van der Waals surface area contributed by atoms with Gasteiger partial charge in [-0.2, -0.15) is 0 Å². The Kier molecular flexibility index (Phi) is 7.06. The molecule has 33 heavy (non-hydrogen) atoms. The minimum absolute atomic E-state index is 0.000922. The Morgan fingerprint density at radius 3 is 2.76 bits per heavy atom. The first kappa shape index (κ1) is 23.0. The van der Waals surface area contributed by atoms with Crippen molar-refractivity contribution in [3.8, 4) is 11.4 Å². The van der Waals surface area contributed by atoms with Gasteiger partial charge in [-0.1, -0.05) is 29.6 Å². The van der Waals surface area contributed by atoms with Crippen molar-refractivity contribution in [2.24, 2.45) is 0 Å². The van der Waals surface area contributed by atoms with E-state index in [1.165, 1.54) is 23.9 Å². The summed E-state index contributed by atoms with van der Waals surface area (Å²) in [6.45, 7) is 4.21. The number of benzene rings is 2. The highest BCUT2D eigenvalue weighted by Crippen LogP contribution is 2.30. The second-order valence-electron chi connectivity index (χ2n) is 6.71. The number of rotatable bonds is 9. The molecule has 1 N–H and O–H groups in total. The Morgan fingerprint density at radius 2 is 2.06 bits per heavy atom. The fourth-order valence-corrected chi connectivity index (χ4v) is 5.31. The molecule has 0 aliphatic carbocycles. The molecule has 168 valence electrons. The second kappa shape index (κ2) is 10.1. The lowest BCUT2D eigenvalue weighted by molar-refractivity contribution is -0.384. The van der Waals surface area contributed by atoms with Crippen molar-refractivity contribution in [1.82, 2.24) is 19.7 Å². The topological polar surface area (TPSA) is 116 Å². The maximum Gasteiger partial charge on any atom is 0.269 e. The van der Waals surface area contributed by atoms with Crippen LogP contribution >= 0.6 is 34.9 Å². The zero-order valence-electron chi connectivity index (χ0n) is 17.4. The number of anilines is 1. The summed E-state index contributed by atoms with van der Waals surface area (Å²) >= 11 is 4.44. The van der Waals surface area contributed by atoms with Crippen LogP contribution in [-0.4, -0.2) is 42.6 Å². The number of hydrogen-bond donors (Lipinski definition) is 1. The monoisotopic (exact) mass is 498 g/mol. The zero-order valence-corrected chi connectivity index (χ0v) is 19.9. The van der Waals surface area contributed by atoms with Crippen molar-refractivity contribution >= 4 is 62.4 Å². The highest BCUT2D eigenvalue weighted by Gasteiger charge is 2.16. The van der Waals surface area contributed by atoms with Crippen LogP contribution < -0.4 is 5.32 Å². The molecular formula is C21H18N6O3S3. The predicted octanol–water partition coefficient (Wildman–Crippen LogP) is 5.10. The summed E-state index contributed by atoms with van der Waals surface area (Å²) in [7, 11) is 0. The Hall–Kier alpha value is -3.22. The number of non-ortho nitro benzene ring substituents is 1. The van der Waals surface area contributed by atoms with Crippen LogP contribution in [0.15, 0.2) is 64.6 Å². The molecule has 0 unspecified atom stereocenters. The zero-order chi connectivity index (χ0) is 23.4. The number of nitro benzene ring substituents is 1. The summed E-state index contributed by atoms with van der Waals surface area (Å²) in [6, 6.07) is 11.7. The van der Waals surface area contributed by atoms with E-state index in [0.717, 1.165) is 14.6 Å². The molecule has 4 rings (SSSR count). The van der Waals surface area contributed by atoms with Crippen LogP contribution in [0.1, 0.15) is 0 Å². The smallest absolute Gasteiger partial charge is 0.269 e. The molecule has 0 fully saturated rings. The van der Waals surface area contributed by atoms with E-state index in [9.17, 15) is 14.9 Å². The minimum Gasteiger partial charge on any atom is -0.325 e. The number of nitrogens with zero attached hydrogens (tertiary/aromatic N) is 5. The molecule has 0 saturated heterocycles. The molecule has 0 atom stereocenters. The van der Waals surface area contributed by atoms with Crippen molar-refractivity contribution in [3.63, 3.8) is 0 Å². The van der Waals surface area contributed by atoms with Crippen LogP contribution in [0.25, 0.3) is 21.6 Å². The fourth-order valence-electron chi connectivity index (χ4n) is 3.03. The SMILES string of the molecule is C=CCn1c(SCC(=O)Nc2ccc3nc(SC)sc3c2)nnc1-c1ccc([N+](=O)[O-])cc1. The van der Waals surface area contributed by atoms with Gasteiger partial charge in [0.2, 0.25) is 5.91 Å². The molecule has 2 heterocycles. The van der Waals surface area contributed by atoms with Gasteiger partial charge in [0.1, 0.15) is 0 Å². The van der Waals surface area contributed by atoms with Crippen LogP contribution in [0.3, 0.4) is 0 Å². The lowest BCUT2D eigenvalue weighted by atomic mass is 10.2. The van der Waals surface area contributed by atoms with Crippen LogP contribution in [0.5, 0.6) is 0 Å². The van der Waals surface area contributed by atoms with Crippen LogP contribution in [0, 0.1) is 10.1 Å². The van der Waals surface area contributed by atoms with E-state index < -0.39 is 4.92 Å². The fraction of sp³-hybridized carbons (Fsp3) is 0.143. The lowest BCUT2D eigenvalue weighted by Gasteiger charge is -2.08. The van der Waals surface area contributed by atoms with Gasteiger partial charge in [-0.25, -0.2) is 4.98 Å². The number of carbonyl (C=O) groups excluding carboxylic acids is 1. The van der Waals surface area contributed by atoms with Gasteiger partial charge >= 0.3 is 0 Å². The minimum atomic E-state index is -0.452. The number of hydrogen-bond acceptors (Lipinski definition) is 9. The van der Waals surface area contributed by atoms with Crippen molar-refractivity contribution in [2.45, 2.75) is 16.0 Å². The Labute approximate surface area is 201 Å².